The number of carbonyl (C=O) groups excluding carboxylic acids is 1. The molecule has 0 aliphatic heterocycles. The number of pyridine rings is 1. The maximum Gasteiger partial charge on any atom is 0.210 e. The minimum Gasteiger partial charge on any atom is -0.494 e. The molecule has 0 fully saturated rings. The number of fused-ring (bicyclic) bond motifs is 1. The Kier molecular flexibility index (Phi) is 12.2. The Morgan fingerprint density at radius 3 is 2.21 bits per heavy atom. The Balaban J connectivity index is 0.00000408. The predicted molar refractivity (Wildman–Crippen MR) is 145 cm³/mol. The van der Waals surface area contributed by atoms with Gasteiger partial charge in [0.25, 0.3) is 0 Å². The predicted octanol–water partition coefficient (Wildman–Crippen LogP) is 7.22. The van der Waals surface area contributed by atoms with E-state index < -0.39 is 0 Å². The molecule has 5 heteroatoms. The number of halogens is 1. The molecule has 0 aliphatic rings. The third kappa shape index (κ3) is 7.61. The Hall–Kier alpha value is -2.30. The second-order valence-corrected chi connectivity index (χ2v) is 8.87. The van der Waals surface area contributed by atoms with Gasteiger partial charge in [-0.2, -0.15) is 0 Å². The standard InChI is InChI=1S/C29H40N2O2.ClH/c1-4-7-18-30(19-8-5-2)20-11-22-33-27-16-14-24(15-17-27)29(32)28-25(12-6-3)23-26-13-9-10-21-31(26)28;/h9-10,13-17,21,23H,4-8,11-12,18-20,22H2,1-3H3;1H. The van der Waals surface area contributed by atoms with Gasteiger partial charge in [0.1, 0.15) is 5.75 Å². The molecule has 2 aromatic heterocycles. The summed E-state index contributed by atoms with van der Waals surface area (Å²) in [7, 11) is 0. The Morgan fingerprint density at radius 2 is 1.56 bits per heavy atom. The number of rotatable bonds is 15. The number of hydrogen-bond acceptors (Lipinski definition) is 3. The van der Waals surface area contributed by atoms with Gasteiger partial charge in [0, 0.05) is 23.8 Å². The summed E-state index contributed by atoms with van der Waals surface area (Å²) in [6.45, 7) is 10.8. The zero-order valence-electron chi connectivity index (χ0n) is 21.1. The molecule has 0 spiro atoms. The third-order valence-corrected chi connectivity index (χ3v) is 6.15. The molecule has 186 valence electrons. The van der Waals surface area contributed by atoms with Crippen molar-refractivity contribution in [2.75, 3.05) is 26.2 Å². The summed E-state index contributed by atoms with van der Waals surface area (Å²) in [5.41, 5.74) is 3.66. The minimum absolute atomic E-state index is 0. The summed E-state index contributed by atoms with van der Waals surface area (Å²) >= 11 is 0. The fourth-order valence-electron chi connectivity index (χ4n) is 4.31. The van der Waals surface area contributed by atoms with E-state index in [0.29, 0.717) is 12.2 Å². The third-order valence-electron chi connectivity index (χ3n) is 6.15. The Labute approximate surface area is 211 Å². The van der Waals surface area contributed by atoms with Crippen LogP contribution in [0.1, 0.15) is 80.9 Å². The van der Waals surface area contributed by atoms with Crippen molar-refractivity contribution < 1.29 is 9.53 Å². The molecule has 3 rings (SSSR count). The first-order valence-corrected chi connectivity index (χ1v) is 12.8. The maximum absolute atomic E-state index is 13.4. The number of ketones is 1. The van der Waals surface area contributed by atoms with Crippen molar-refractivity contribution in [2.45, 2.75) is 65.7 Å². The molecule has 0 unspecified atom stereocenters. The van der Waals surface area contributed by atoms with Gasteiger partial charge in [0.05, 0.1) is 12.3 Å². The van der Waals surface area contributed by atoms with Crippen LogP contribution in [0.5, 0.6) is 5.75 Å². The normalized spacial score (nSPS) is 11.1. The fraction of sp³-hybridized carbons (Fsp3) is 0.483. The highest BCUT2D eigenvalue weighted by atomic mass is 35.5. The van der Waals surface area contributed by atoms with E-state index in [1.807, 2.05) is 47.0 Å². The van der Waals surface area contributed by atoms with E-state index in [0.717, 1.165) is 48.3 Å². The summed E-state index contributed by atoms with van der Waals surface area (Å²) in [6.07, 6.45) is 9.91. The van der Waals surface area contributed by atoms with Gasteiger partial charge < -0.3 is 14.0 Å². The van der Waals surface area contributed by atoms with Gasteiger partial charge in [-0.25, -0.2) is 0 Å². The minimum atomic E-state index is 0. The number of nitrogens with zero attached hydrogens (tertiary/aromatic N) is 2. The quantitative estimate of drug-likeness (QED) is 0.169. The number of aromatic nitrogens is 1. The monoisotopic (exact) mass is 484 g/mol. The van der Waals surface area contributed by atoms with E-state index >= 15 is 0 Å². The number of aryl methyl sites for hydroxylation is 1. The van der Waals surface area contributed by atoms with E-state index in [4.69, 9.17) is 4.74 Å². The van der Waals surface area contributed by atoms with Crippen LogP contribution in [0, 0.1) is 0 Å². The second-order valence-electron chi connectivity index (χ2n) is 8.87. The molecule has 34 heavy (non-hydrogen) atoms. The molecule has 0 amide bonds. The van der Waals surface area contributed by atoms with Crippen molar-refractivity contribution in [3.05, 3.63) is 71.5 Å². The van der Waals surface area contributed by atoms with E-state index in [1.165, 1.54) is 38.8 Å². The van der Waals surface area contributed by atoms with Crippen LogP contribution in [0.25, 0.3) is 5.52 Å². The van der Waals surface area contributed by atoms with Gasteiger partial charge in [0.2, 0.25) is 5.78 Å². The summed E-state index contributed by atoms with van der Waals surface area (Å²) in [5, 5.41) is 0. The average molecular weight is 485 g/mol. The molecule has 0 bridgehead atoms. The van der Waals surface area contributed by atoms with Gasteiger partial charge in [-0.05, 0) is 86.8 Å². The lowest BCUT2D eigenvalue weighted by atomic mass is 10.0. The van der Waals surface area contributed by atoms with Crippen LogP contribution in [0.15, 0.2) is 54.7 Å². The van der Waals surface area contributed by atoms with E-state index in [9.17, 15) is 4.79 Å². The molecular formula is C29H41ClN2O2. The summed E-state index contributed by atoms with van der Waals surface area (Å²) in [5.74, 6) is 0.896. The van der Waals surface area contributed by atoms with Crippen LogP contribution in [0.4, 0.5) is 0 Å². The van der Waals surface area contributed by atoms with E-state index in [1.54, 1.807) is 0 Å². The van der Waals surface area contributed by atoms with Crippen LogP contribution in [0.2, 0.25) is 0 Å². The number of hydrogen-bond donors (Lipinski definition) is 0. The first kappa shape index (κ1) is 27.9. The number of benzene rings is 1. The molecule has 0 aliphatic carbocycles. The van der Waals surface area contributed by atoms with Crippen molar-refractivity contribution in [1.82, 2.24) is 9.30 Å². The highest BCUT2D eigenvalue weighted by Crippen LogP contribution is 2.23. The number of carbonyl (C=O) groups is 1. The Morgan fingerprint density at radius 1 is 0.882 bits per heavy atom. The van der Waals surface area contributed by atoms with Crippen LogP contribution in [-0.2, 0) is 6.42 Å². The number of ether oxygens (including phenoxy) is 1. The van der Waals surface area contributed by atoms with Crippen molar-refractivity contribution in [2.24, 2.45) is 0 Å². The molecule has 0 saturated heterocycles. The van der Waals surface area contributed by atoms with Crippen LogP contribution < -0.4 is 4.74 Å². The van der Waals surface area contributed by atoms with E-state index in [-0.39, 0.29) is 18.2 Å². The van der Waals surface area contributed by atoms with Gasteiger partial charge >= 0.3 is 0 Å². The van der Waals surface area contributed by atoms with Crippen LogP contribution in [-0.4, -0.2) is 41.3 Å². The molecule has 1 aromatic carbocycles. The topological polar surface area (TPSA) is 34.0 Å². The molecule has 2 heterocycles. The molecule has 4 nitrogen and oxygen atoms in total. The maximum atomic E-state index is 13.4. The molecule has 0 radical (unpaired) electrons. The zero-order valence-corrected chi connectivity index (χ0v) is 21.9. The molecular weight excluding hydrogens is 444 g/mol. The van der Waals surface area contributed by atoms with Crippen molar-refractivity contribution in [3.63, 3.8) is 0 Å². The molecule has 0 saturated carbocycles. The molecule has 0 N–H and O–H groups in total. The highest BCUT2D eigenvalue weighted by molar-refractivity contribution is 6.09. The van der Waals surface area contributed by atoms with Gasteiger partial charge in [-0.1, -0.05) is 46.1 Å². The van der Waals surface area contributed by atoms with Gasteiger partial charge in [0.15, 0.2) is 0 Å². The summed E-state index contributed by atoms with van der Waals surface area (Å²) in [4.78, 5) is 15.9. The largest absolute Gasteiger partial charge is 0.494 e. The van der Waals surface area contributed by atoms with Crippen molar-refractivity contribution >= 4 is 23.7 Å². The lowest BCUT2D eigenvalue weighted by Gasteiger charge is -2.21. The number of unbranched alkanes of at least 4 members (excludes halogenated alkanes) is 2. The molecule has 3 aromatic rings. The second kappa shape index (κ2) is 14.9. The highest BCUT2D eigenvalue weighted by Gasteiger charge is 2.18. The van der Waals surface area contributed by atoms with E-state index in [2.05, 4.69) is 37.8 Å². The lowest BCUT2D eigenvalue weighted by molar-refractivity contribution is 0.103. The first-order chi connectivity index (χ1) is 16.2. The van der Waals surface area contributed by atoms with Gasteiger partial charge in [-0.3, -0.25) is 4.79 Å². The van der Waals surface area contributed by atoms with Crippen molar-refractivity contribution in [3.8, 4) is 5.75 Å². The van der Waals surface area contributed by atoms with Crippen LogP contribution in [0.3, 0.4) is 0 Å². The average Bonchev–Trinajstić information content (AvgIpc) is 3.21. The summed E-state index contributed by atoms with van der Waals surface area (Å²) < 4.78 is 7.99. The lowest BCUT2D eigenvalue weighted by Crippen LogP contribution is -2.28. The first-order valence-electron chi connectivity index (χ1n) is 12.8. The molecule has 0 atom stereocenters. The zero-order chi connectivity index (χ0) is 23.5. The smallest absolute Gasteiger partial charge is 0.210 e. The summed E-state index contributed by atoms with van der Waals surface area (Å²) in [6, 6.07) is 15.8. The van der Waals surface area contributed by atoms with Crippen molar-refractivity contribution in [1.29, 1.82) is 0 Å². The van der Waals surface area contributed by atoms with Gasteiger partial charge in [-0.15, -0.1) is 12.4 Å². The van der Waals surface area contributed by atoms with Crippen LogP contribution >= 0.6 is 12.4 Å². The SMILES string of the molecule is CCCCN(CCCC)CCCOc1ccc(C(=O)c2c(CCC)cc3ccccn23)cc1.Cl. The Bertz CT molecular complexity index is 989. The fourth-order valence-corrected chi connectivity index (χ4v) is 4.31.